The standard InChI is InChI=1S/C14H15BrN2O2/c1-13-6-14(7-13,8-19-13)17-5-9-3-10(15)12(18-2)4-11(9)16-17/h3-5H,6-8H2,1-2H3. The fourth-order valence-corrected chi connectivity index (χ4v) is 4.03. The molecule has 5 rings (SSSR count). The highest BCUT2D eigenvalue weighted by Crippen LogP contribution is 2.55. The summed E-state index contributed by atoms with van der Waals surface area (Å²) in [5.74, 6) is 0.816. The summed E-state index contributed by atoms with van der Waals surface area (Å²) in [7, 11) is 1.67. The first-order valence-electron chi connectivity index (χ1n) is 6.41. The Hall–Kier alpha value is -1.07. The highest BCUT2D eigenvalue weighted by atomic mass is 79.9. The molecule has 1 saturated carbocycles. The molecular formula is C14H15BrN2O2. The van der Waals surface area contributed by atoms with E-state index in [1.165, 1.54) is 0 Å². The molecule has 4 nitrogen and oxygen atoms in total. The maximum Gasteiger partial charge on any atom is 0.135 e. The third kappa shape index (κ3) is 1.51. The van der Waals surface area contributed by atoms with E-state index < -0.39 is 0 Å². The fourth-order valence-electron chi connectivity index (χ4n) is 3.51. The molecule has 0 N–H and O–H groups in total. The van der Waals surface area contributed by atoms with Crippen LogP contribution in [0.25, 0.3) is 10.9 Å². The first-order valence-corrected chi connectivity index (χ1v) is 7.20. The van der Waals surface area contributed by atoms with E-state index in [9.17, 15) is 0 Å². The summed E-state index contributed by atoms with van der Waals surface area (Å²) in [5, 5.41) is 5.85. The second-order valence-electron chi connectivity index (χ2n) is 5.94. The molecule has 0 amide bonds. The van der Waals surface area contributed by atoms with Gasteiger partial charge in [0.05, 0.1) is 34.8 Å². The number of nitrogens with zero attached hydrogens (tertiary/aromatic N) is 2. The van der Waals surface area contributed by atoms with Crippen LogP contribution in [0.4, 0.5) is 0 Å². The number of methoxy groups -OCH3 is 1. The lowest BCUT2D eigenvalue weighted by molar-refractivity contribution is 0.00384. The fraction of sp³-hybridized carbons (Fsp3) is 0.500. The molecule has 100 valence electrons. The highest BCUT2D eigenvalue weighted by Gasteiger charge is 2.61. The Morgan fingerprint density at radius 2 is 2.21 bits per heavy atom. The van der Waals surface area contributed by atoms with Crippen LogP contribution in [0.3, 0.4) is 0 Å². The molecule has 3 heterocycles. The SMILES string of the molecule is COc1cc2nn(C34COC(C)(C3)C4)cc2cc1Br. The Kier molecular flexibility index (Phi) is 2.17. The summed E-state index contributed by atoms with van der Waals surface area (Å²) in [6.45, 7) is 2.96. The normalized spacial score (nSPS) is 32.6. The molecule has 5 heteroatoms. The first kappa shape index (κ1) is 11.7. The van der Waals surface area contributed by atoms with Gasteiger partial charge in [-0.2, -0.15) is 5.10 Å². The molecular weight excluding hydrogens is 308 g/mol. The van der Waals surface area contributed by atoms with Crippen molar-refractivity contribution in [3.63, 3.8) is 0 Å². The molecule has 19 heavy (non-hydrogen) atoms. The second-order valence-corrected chi connectivity index (χ2v) is 6.79. The topological polar surface area (TPSA) is 36.3 Å². The van der Waals surface area contributed by atoms with Gasteiger partial charge in [0.2, 0.25) is 0 Å². The average Bonchev–Trinajstić information content (AvgIpc) is 2.97. The lowest BCUT2D eigenvalue weighted by atomic mass is 9.69. The van der Waals surface area contributed by atoms with Crippen LogP contribution in [0.15, 0.2) is 22.8 Å². The Balaban J connectivity index is 1.81. The van der Waals surface area contributed by atoms with Gasteiger partial charge >= 0.3 is 0 Å². The largest absolute Gasteiger partial charge is 0.495 e. The lowest BCUT2D eigenvalue weighted by Gasteiger charge is -2.42. The zero-order chi connectivity index (χ0) is 13.3. The number of aromatic nitrogens is 2. The van der Waals surface area contributed by atoms with Crippen LogP contribution in [-0.4, -0.2) is 29.1 Å². The van der Waals surface area contributed by atoms with Crippen molar-refractivity contribution in [2.24, 2.45) is 0 Å². The molecule has 2 saturated heterocycles. The predicted molar refractivity (Wildman–Crippen MR) is 75.6 cm³/mol. The third-order valence-corrected chi connectivity index (χ3v) is 4.98. The van der Waals surface area contributed by atoms with Crippen LogP contribution in [0.2, 0.25) is 0 Å². The molecule has 1 aromatic heterocycles. The number of ether oxygens (including phenoxy) is 2. The monoisotopic (exact) mass is 322 g/mol. The van der Waals surface area contributed by atoms with E-state index in [-0.39, 0.29) is 11.1 Å². The van der Waals surface area contributed by atoms with Crippen LogP contribution in [-0.2, 0) is 10.3 Å². The predicted octanol–water partition coefficient (Wildman–Crippen LogP) is 3.09. The molecule has 0 atom stereocenters. The molecule has 0 spiro atoms. The van der Waals surface area contributed by atoms with Gasteiger partial charge in [-0.3, -0.25) is 4.68 Å². The quantitative estimate of drug-likeness (QED) is 0.852. The number of fused-ring (bicyclic) bond motifs is 2. The van der Waals surface area contributed by atoms with E-state index in [2.05, 4.69) is 39.8 Å². The molecule has 2 aliphatic heterocycles. The van der Waals surface area contributed by atoms with Crippen LogP contribution < -0.4 is 4.74 Å². The van der Waals surface area contributed by atoms with Crippen molar-refractivity contribution >= 4 is 26.8 Å². The van der Waals surface area contributed by atoms with Crippen LogP contribution >= 0.6 is 15.9 Å². The maximum atomic E-state index is 5.84. The van der Waals surface area contributed by atoms with Crippen molar-refractivity contribution in [3.05, 3.63) is 22.8 Å². The van der Waals surface area contributed by atoms with Crippen molar-refractivity contribution in [1.29, 1.82) is 0 Å². The highest BCUT2D eigenvalue weighted by molar-refractivity contribution is 9.10. The molecule has 1 aromatic carbocycles. The lowest BCUT2D eigenvalue weighted by Crippen LogP contribution is -2.49. The Labute approximate surface area is 119 Å². The van der Waals surface area contributed by atoms with E-state index in [1.807, 2.05) is 6.07 Å². The van der Waals surface area contributed by atoms with Gasteiger partial charge in [0.15, 0.2) is 0 Å². The van der Waals surface area contributed by atoms with Gasteiger partial charge in [0.25, 0.3) is 0 Å². The van der Waals surface area contributed by atoms with Crippen molar-refractivity contribution in [3.8, 4) is 5.75 Å². The van der Waals surface area contributed by atoms with E-state index >= 15 is 0 Å². The number of hydrogen-bond acceptors (Lipinski definition) is 3. The molecule has 0 radical (unpaired) electrons. The summed E-state index contributed by atoms with van der Waals surface area (Å²) >= 11 is 3.52. The van der Waals surface area contributed by atoms with Gasteiger partial charge < -0.3 is 9.47 Å². The number of hydrogen-bond donors (Lipinski definition) is 0. The molecule has 2 bridgehead atoms. The first-order chi connectivity index (χ1) is 9.04. The van der Waals surface area contributed by atoms with Crippen LogP contribution in [0.1, 0.15) is 19.8 Å². The molecule has 0 unspecified atom stereocenters. The van der Waals surface area contributed by atoms with Gasteiger partial charge in [-0.15, -0.1) is 0 Å². The molecule has 3 fully saturated rings. The zero-order valence-electron chi connectivity index (χ0n) is 10.9. The van der Waals surface area contributed by atoms with Gasteiger partial charge in [0.1, 0.15) is 5.75 Å². The van der Waals surface area contributed by atoms with Gasteiger partial charge in [0, 0.05) is 30.5 Å². The smallest absolute Gasteiger partial charge is 0.135 e. The van der Waals surface area contributed by atoms with Crippen molar-refractivity contribution in [2.75, 3.05) is 13.7 Å². The summed E-state index contributed by atoms with van der Waals surface area (Å²) < 4.78 is 14.2. The van der Waals surface area contributed by atoms with E-state index in [1.54, 1.807) is 7.11 Å². The van der Waals surface area contributed by atoms with Crippen molar-refractivity contribution < 1.29 is 9.47 Å². The average molecular weight is 323 g/mol. The third-order valence-electron chi connectivity index (χ3n) is 4.36. The van der Waals surface area contributed by atoms with E-state index in [4.69, 9.17) is 14.6 Å². The molecule has 1 aliphatic carbocycles. The van der Waals surface area contributed by atoms with Crippen LogP contribution in [0.5, 0.6) is 5.75 Å². The maximum absolute atomic E-state index is 5.84. The zero-order valence-corrected chi connectivity index (χ0v) is 12.5. The number of rotatable bonds is 2. The Bertz CT molecular complexity index is 673. The Morgan fingerprint density at radius 1 is 1.42 bits per heavy atom. The van der Waals surface area contributed by atoms with Gasteiger partial charge in [-0.25, -0.2) is 0 Å². The molecule has 2 aromatic rings. The van der Waals surface area contributed by atoms with Crippen molar-refractivity contribution in [1.82, 2.24) is 9.78 Å². The minimum absolute atomic E-state index is 0.0769. The van der Waals surface area contributed by atoms with E-state index in [0.717, 1.165) is 40.6 Å². The Morgan fingerprint density at radius 3 is 2.84 bits per heavy atom. The number of halogens is 1. The molecule has 3 aliphatic rings. The summed E-state index contributed by atoms with van der Waals surface area (Å²) in [6, 6.07) is 4.03. The van der Waals surface area contributed by atoms with Crippen LogP contribution in [0, 0.1) is 0 Å². The summed E-state index contributed by atoms with van der Waals surface area (Å²) in [4.78, 5) is 0. The summed E-state index contributed by atoms with van der Waals surface area (Å²) in [6.07, 6.45) is 4.24. The van der Waals surface area contributed by atoms with Crippen molar-refractivity contribution in [2.45, 2.75) is 30.9 Å². The minimum Gasteiger partial charge on any atom is -0.495 e. The van der Waals surface area contributed by atoms with E-state index in [0.29, 0.717) is 0 Å². The minimum atomic E-state index is 0.0769. The number of benzene rings is 1. The van der Waals surface area contributed by atoms with Gasteiger partial charge in [-0.1, -0.05) is 0 Å². The second kappa shape index (κ2) is 3.52. The van der Waals surface area contributed by atoms with Gasteiger partial charge in [-0.05, 0) is 28.9 Å². The summed E-state index contributed by atoms with van der Waals surface area (Å²) in [5.41, 5.74) is 1.12.